The lowest BCUT2D eigenvalue weighted by Gasteiger charge is -2.38. The number of rotatable bonds is 4. The average Bonchev–Trinajstić information content (AvgIpc) is 3.03. The van der Waals surface area contributed by atoms with Crippen molar-refractivity contribution in [2.75, 3.05) is 0 Å². The Morgan fingerprint density at radius 3 is 2.52 bits per heavy atom. The van der Waals surface area contributed by atoms with E-state index in [9.17, 15) is 4.79 Å². The quantitative estimate of drug-likeness (QED) is 0.617. The molecule has 1 saturated carbocycles. The maximum atomic E-state index is 12.9. The van der Waals surface area contributed by atoms with Gasteiger partial charge >= 0.3 is 0 Å². The van der Waals surface area contributed by atoms with Crippen molar-refractivity contribution in [1.29, 1.82) is 0 Å². The highest BCUT2D eigenvalue weighted by molar-refractivity contribution is 6.29. The molecule has 2 aromatic rings. The molecule has 4 rings (SSSR count). The lowest BCUT2D eigenvalue weighted by molar-refractivity contribution is 0.101. The van der Waals surface area contributed by atoms with Crippen LogP contribution in [0.3, 0.4) is 0 Å². The Labute approximate surface area is 179 Å². The second-order valence-corrected chi connectivity index (χ2v) is 9.54. The molecule has 1 aliphatic carbocycles. The van der Waals surface area contributed by atoms with E-state index in [2.05, 4.69) is 23.7 Å². The molecule has 5 heteroatoms. The number of halogens is 1. The molecule has 3 atom stereocenters. The molecule has 0 bridgehead atoms. The van der Waals surface area contributed by atoms with E-state index in [0.29, 0.717) is 18.1 Å². The molecule has 2 fully saturated rings. The summed E-state index contributed by atoms with van der Waals surface area (Å²) >= 11 is 6.21. The van der Waals surface area contributed by atoms with Crippen LogP contribution in [-0.4, -0.2) is 32.6 Å². The van der Waals surface area contributed by atoms with Gasteiger partial charge in [0.1, 0.15) is 0 Å². The van der Waals surface area contributed by atoms with Crippen molar-refractivity contribution in [3.05, 3.63) is 39.8 Å². The Hall–Kier alpha value is -1.39. The highest BCUT2D eigenvalue weighted by atomic mass is 35.5. The molecule has 2 heterocycles. The normalized spacial score (nSPS) is 25.8. The second-order valence-electron chi connectivity index (χ2n) is 9.18. The third kappa shape index (κ3) is 4.39. The molecule has 1 saturated heterocycles. The first kappa shape index (κ1) is 20.9. The number of likely N-dealkylation sites (tertiary alicyclic amines) is 1. The van der Waals surface area contributed by atoms with E-state index in [0.717, 1.165) is 17.5 Å². The van der Waals surface area contributed by atoms with Crippen molar-refractivity contribution in [1.82, 2.24) is 14.5 Å². The Kier molecular flexibility index (Phi) is 6.60. The summed E-state index contributed by atoms with van der Waals surface area (Å²) in [5, 5.41) is 0.0761. The van der Waals surface area contributed by atoms with Gasteiger partial charge < -0.3 is 4.57 Å². The Bertz CT molecular complexity index is 887. The maximum absolute atomic E-state index is 12.9. The molecule has 2 aliphatic rings. The summed E-state index contributed by atoms with van der Waals surface area (Å²) < 4.78 is 1.88. The molecule has 0 radical (unpaired) electrons. The second kappa shape index (κ2) is 9.18. The first-order chi connectivity index (χ1) is 14.1. The minimum atomic E-state index is -0.165. The zero-order chi connectivity index (χ0) is 20.4. The topological polar surface area (TPSA) is 38.1 Å². The summed E-state index contributed by atoms with van der Waals surface area (Å²) in [6.07, 6.45) is 13.0. The van der Waals surface area contributed by atoms with Gasteiger partial charge in [-0.15, -0.1) is 0 Å². The van der Waals surface area contributed by atoms with Crippen LogP contribution < -0.4 is 5.56 Å². The fourth-order valence-corrected chi connectivity index (χ4v) is 5.97. The lowest BCUT2D eigenvalue weighted by Crippen LogP contribution is -2.44. The van der Waals surface area contributed by atoms with Crippen molar-refractivity contribution in [2.24, 2.45) is 0 Å². The first-order valence-electron chi connectivity index (χ1n) is 11.5. The number of aromatic nitrogens is 2. The summed E-state index contributed by atoms with van der Waals surface area (Å²) in [7, 11) is 0. The maximum Gasteiger partial charge on any atom is 0.288 e. The molecule has 4 nitrogen and oxygen atoms in total. The minimum absolute atomic E-state index is 0.0761. The van der Waals surface area contributed by atoms with Gasteiger partial charge in [0.2, 0.25) is 0 Å². The molecule has 0 spiro atoms. The van der Waals surface area contributed by atoms with Gasteiger partial charge in [-0.05, 0) is 58.1 Å². The van der Waals surface area contributed by atoms with Gasteiger partial charge in [-0.1, -0.05) is 55.8 Å². The van der Waals surface area contributed by atoms with E-state index in [-0.39, 0.29) is 16.8 Å². The largest absolute Gasteiger partial charge is 0.301 e. The summed E-state index contributed by atoms with van der Waals surface area (Å²) in [5.74, 6) is 0. The number of hydrogen-bond donors (Lipinski definition) is 0. The molecule has 0 unspecified atom stereocenters. The van der Waals surface area contributed by atoms with Crippen LogP contribution in [-0.2, 0) is 0 Å². The van der Waals surface area contributed by atoms with Crippen molar-refractivity contribution in [3.8, 4) is 0 Å². The number of benzene rings is 1. The van der Waals surface area contributed by atoms with Crippen LogP contribution in [0.15, 0.2) is 29.1 Å². The van der Waals surface area contributed by atoms with Gasteiger partial charge in [0.05, 0.1) is 11.0 Å². The molecule has 0 N–H and O–H groups in total. The molecule has 158 valence electrons. The van der Waals surface area contributed by atoms with Crippen LogP contribution in [0.4, 0.5) is 0 Å². The van der Waals surface area contributed by atoms with Crippen LogP contribution in [0.1, 0.15) is 84.1 Å². The van der Waals surface area contributed by atoms with Crippen LogP contribution in [0.2, 0.25) is 5.15 Å². The first-order valence-corrected chi connectivity index (χ1v) is 11.9. The van der Waals surface area contributed by atoms with Crippen molar-refractivity contribution in [3.63, 3.8) is 0 Å². The van der Waals surface area contributed by atoms with Crippen LogP contribution in [0.5, 0.6) is 0 Å². The minimum Gasteiger partial charge on any atom is -0.301 e. The van der Waals surface area contributed by atoms with E-state index >= 15 is 0 Å². The standard InChI is InChI=1S/C24H34ClN3O/c1-17-14-15-20(27(17)19-10-6-4-3-5-7-11-19)16-18(2)28-22-13-9-8-12-21(22)26-23(25)24(28)29/h8-9,12-13,17-20H,3-7,10-11,14-16H2,1-2H3/t17-,18-,20-/m0/s1. The average molecular weight is 416 g/mol. The van der Waals surface area contributed by atoms with Crippen molar-refractivity contribution in [2.45, 2.75) is 102 Å². The third-order valence-electron chi connectivity index (χ3n) is 7.15. The smallest absolute Gasteiger partial charge is 0.288 e. The summed E-state index contributed by atoms with van der Waals surface area (Å²) in [4.78, 5) is 20.0. The van der Waals surface area contributed by atoms with E-state index in [1.165, 1.54) is 57.8 Å². The fraction of sp³-hybridized carbons (Fsp3) is 0.667. The summed E-state index contributed by atoms with van der Waals surface area (Å²) in [6, 6.07) is 9.83. The van der Waals surface area contributed by atoms with E-state index in [1.807, 2.05) is 28.8 Å². The number of para-hydroxylation sites is 2. The Balaban J connectivity index is 1.59. The predicted octanol–water partition coefficient (Wildman–Crippen LogP) is 5.97. The highest BCUT2D eigenvalue weighted by Crippen LogP contribution is 2.35. The highest BCUT2D eigenvalue weighted by Gasteiger charge is 2.36. The monoisotopic (exact) mass is 415 g/mol. The van der Waals surface area contributed by atoms with Gasteiger partial charge in [-0.25, -0.2) is 4.98 Å². The molecule has 29 heavy (non-hydrogen) atoms. The fourth-order valence-electron chi connectivity index (χ4n) is 5.78. The summed E-state index contributed by atoms with van der Waals surface area (Å²) in [6.45, 7) is 4.57. The SMILES string of the molecule is C[C@H]1CC[C@@H](C[C@H](C)n2c(=O)c(Cl)nc3ccccc32)N1C1CCCCCCC1. The van der Waals surface area contributed by atoms with Gasteiger partial charge in [0.25, 0.3) is 5.56 Å². The third-order valence-corrected chi connectivity index (χ3v) is 7.40. The van der Waals surface area contributed by atoms with E-state index < -0.39 is 0 Å². The predicted molar refractivity (Wildman–Crippen MR) is 121 cm³/mol. The number of hydrogen-bond acceptors (Lipinski definition) is 3. The molecule has 0 amide bonds. The van der Waals surface area contributed by atoms with Crippen molar-refractivity contribution < 1.29 is 0 Å². The van der Waals surface area contributed by atoms with Crippen LogP contribution in [0, 0.1) is 0 Å². The molecule has 1 aromatic carbocycles. The summed E-state index contributed by atoms with van der Waals surface area (Å²) in [5.41, 5.74) is 1.51. The Morgan fingerprint density at radius 1 is 1.07 bits per heavy atom. The molecular formula is C24H34ClN3O. The zero-order valence-electron chi connectivity index (χ0n) is 17.8. The van der Waals surface area contributed by atoms with Crippen LogP contribution in [0.25, 0.3) is 11.0 Å². The molecule has 1 aliphatic heterocycles. The van der Waals surface area contributed by atoms with Gasteiger partial charge in [-0.2, -0.15) is 0 Å². The van der Waals surface area contributed by atoms with E-state index in [4.69, 9.17) is 11.6 Å². The van der Waals surface area contributed by atoms with Gasteiger partial charge in [-0.3, -0.25) is 9.69 Å². The van der Waals surface area contributed by atoms with Gasteiger partial charge in [0, 0.05) is 24.2 Å². The Morgan fingerprint density at radius 2 is 1.76 bits per heavy atom. The van der Waals surface area contributed by atoms with Gasteiger partial charge in [0.15, 0.2) is 5.15 Å². The van der Waals surface area contributed by atoms with Crippen molar-refractivity contribution >= 4 is 22.6 Å². The number of fused-ring (bicyclic) bond motifs is 1. The molecular weight excluding hydrogens is 382 g/mol. The number of nitrogens with zero attached hydrogens (tertiary/aromatic N) is 3. The zero-order valence-corrected chi connectivity index (χ0v) is 18.6. The van der Waals surface area contributed by atoms with Crippen LogP contribution >= 0.6 is 11.6 Å². The van der Waals surface area contributed by atoms with E-state index in [1.54, 1.807) is 0 Å². The lowest BCUT2D eigenvalue weighted by atomic mass is 9.94. The molecule has 1 aromatic heterocycles.